The van der Waals surface area contributed by atoms with Crippen LogP contribution < -0.4 is 11.1 Å². The number of hydrogen-bond donors (Lipinski definition) is 2. The SMILES string of the molecule is NC(=S)c1ccc(C(=O)Nc2cc(Cl)c(F)c(Cl)c2)cc1. The van der Waals surface area contributed by atoms with Gasteiger partial charge in [0.05, 0.1) is 10.0 Å². The van der Waals surface area contributed by atoms with Gasteiger partial charge in [-0.05, 0) is 24.3 Å². The standard InChI is InChI=1S/C14H9Cl2FN2OS/c15-10-5-9(6-11(16)12(10)17)19-14(20)8-3-1-7(2-4-8)13(18)21/h1-6H,(H2,18,21)(H,19,20). The van der Waals surface area contributed by atoms with Gasteiger partial charge in [-0.15, -0.1) is 0 Å². The Balaban J connectivity index is 2.20. The number of benzene rings is 2. The van der Waals surface area contributed by atoms with E-state index in [1.165, 1.54) is 12.1 Å². The fourth-order valence-corrected chi connectivity index (χ4v) is 2.24. The average molecular weight is 343 g/mol. The van der Waals surface area contributed by atoms with Gasteiger partial charge in [-0.2, -0.15) is 0 Å². The third kappa shape index (κ3) is 3.69. The molecule has 0 aliphatic carbocycles. The van der Waals surface area contributed by atoms with Crippen molar-refractivity contribution in [2.24, 2.45) is 5.73 Å². The first-order valence-corrected chi connectivity index (χ1v) is 6.90. The van der Waals surface area contributed by atoms with Crippen LogP contribution >= 0.6 is 35.4 Å². The molecule has 108 valence electrons. The van der Waals surface area contributed by atoms with E-state index in [1.807, 2.05) is 0 Å². The van der Waals surface area contributed by atoms with Crippen LogP contribution in [0.4, 0.5) is 10.1 Å². The van der Waals surface area contributed by atoms with Crippen molar-refractivity contribution in [1.29, 1.82) is 0 Å². The Labute approximate surface area is 135 Å². The highest BCUT2D eigenvalue weighted by Gasteiger charge is 2.11. The van der Waals surface area contributed by atoms with Crippen molar-refractivity contribution in [1.82, 2.24) is 0 Å². The third-order valence-electron chi connectivity index (χ3n) is 2.67. The molecule has 0 fully saturated rings. The quantitative estimate of drug-likeness (QED) is 0.654. The van der Waals surface area contributed by atoms with E-state index in [0.29, 0.717) is 16.8 Å². The van der Waals surface area contributed by atoms with Gasteiger partial charge < -0.3 is 11.1 Å². The zero-order chi connectivity index (χ0) is 15.6. The van der Waals surface area contributed by atoms with E-state index >= 15 is 0 Å². The minimum absolute atomic E-state index is 0.165. The summed E-state index contributed by atoms with van der Waals surface area (Å²) in [7, 11) is 0. The molecule has 0 aromatic heterocycles. The van der Waals surface area contributed by atoms with E-state index in [0.717, 1.165) is 0 Å². The van der Waals surface area contributed by atoms with E-state index in [2.05, 4.69) is 5.32 Å². The molecule has 0 atom stereocenters. The highest BCUT2D eigenvalue weighted by atomic mass is 35.5. The molecule has 0 aliphatic rings. The molecule has 2 aromatic rings. The third-order valence-corrected chi connectivity index (χ3v) is 3.46. The fraction of sp³-hybridized carbons (Fsp3) is 0. The summed E-state index contributed by atoms with van der Waals surface area (Å²) in [4.78, 5) is 12.3. The number of carbonyl (C=O) groups excluding carboxylic acids is 1. The zero-order valence-corrected chi connectivity index (χ0v) is 12.8. The predicted octanol–water partition coefficient (Wildman–Crippen LogP) is 4.02. The number of hydrogen-bond acceptors (Lipinski definition) is 2. The van der Waals surface area contributed by atoms with Crippen LogP contribution in [0.15, 0.2) is 36.4 Å². The number of anilines is 1. The van der Waals surface area contributed by atoms with Gasteiger partial charge in [0.2, 0.25) is 0 Å². The van der Waals surface area contributed by atoms with Crippen LogP contribution in [0.25, 0.3) is 0 Å². The Kier molecular flexibility index (Phi) is 4.77. The zero-order valence-electron chi connectivity index (χ0n) is 10.5. The van der Waals surface area contributed by atoms with E-state index in [-0.39, 0.29) is 20.9 Å². The van der Waals surface area contributed by atoms with E-state index < -0.39 is 5.82 Å². The van der Waals surface area contributed by atoms with Crippen LogP contribution in [0, 0.1) is 5.82 Å². The van der Waals surface area contributed by atoms with E-state index in [9.17, 15) is 9.18 Å². The molecular weight excluding hydrogens is 334 g/mol. The molecule has 7 heteroatoms. The monoisotopic (exact) mass is 342 g/mol. The Bertz CT molecular complexity index is 696. The first-order valence-electron chi connectivity index (χ1n) is 5.74. The molecule has 0 saturated heterocycles. The molecule has 0 heterocycles. The maximum Gasteiger partial charge on any atom is 0.255 e. The van der Waals surface area contributed by atoms with Crippen LogP contribution in [0.2, 0.25) is 10.0 Å². The van der Waals surface area contributed by atoms with Crippen LogP contribution in [-0.2, 0) is 0 Å². The Hall–Kier alpha value is -1.69. The molecular formula is C14H9Cl2FN2OS. The lowest BCUT2D eigenvalue weighted by molar-refractivity contribution is 0.102. The Morgan fingerprint density at radius 1 is 1.10 bits per heavy atom. The maximum atomic E-state index is 13.3. The lowest BCUT2D eigenvalue weighted by Crippen LogP contribution is -2.13. The first kappa shape index (κ1) is 15.7. The van der Waals surface area contributed by atoms with Crippen LogP contribution in [0.1, 0.15) is 15.9 Å². The highest BCUT2D eigenvalue weighted by molar-refractivity contribution is 7.80. The molecule has 0 aliphatic heterocycles. The topological polar surface area (TPSA) is 55.1 Å². The minimum atomic E-state index is -0.725. The molecule has 2 aromatic carbocycles. The lowest BCUT2D eigenvalue weighted by atomic mass is 10.1. The minimum Gasteiger partial charge on any atom is -0.389 e. The van der Waals surface area contributed by atoms with Crippen molar-refractivity contribution >= 4 is 52.0 Å². The second-order valence-corrected chi connectivity index (χ2v) is 5.40. The normalized spacial score (nSPS) is 10.2. The number of thiocarbonyl (C=S) groups is 1. The Morgan fingerprint density at radius 3 is 2.05 bits per heavy atom. The van der Waals surface area contributed by atoms with Gasteiger partial charge in [0, 0.05) is 16.8 Å². The molecule has 3 N–H and O–H groups in total. The number of carbonyl (C=O) groups is 1. The van der Waals surface area contributed by atoms with Crippen molar-refractivity contribution in [3.05, 3.63) is 63.4 Å². The van der Waals surface area contributed by atoms with Gasteiger partial charge in [0.15, 0.2) is 5.82 Å². The summed E-state index contributed by atoms with van der Waals surface area (Å²) in [6.45, 7) is 0. The summed E-state index contributed by atoms with van der Waals surface area (Å²) in [6, 6.07) is 9.00. The largest absolute Gasteiger partial charge is 0.389 e. The predicted molar refractivity (Wildman–Crippen MR) is 86.7 cm³/mol. The summed E-state index contributed by atoms with van der Waals surface area (Å²) in [5.74, 6) is -1.11. The molecule has 1 amide bonds. The van der Waals surface area contributed by atoms with E-state index in [1.54, 1.807) is 24.3 Å². The lowest BCUT2D eigenvalue weighted by Gasteiger charge is -2.08. The summed E-state index contributed by atoms with van der Waals surface area (Å²) in [5.41, 5.74) is 6.83. The van der Waals surface area contributed by atoms with Gasteiger partial charge >= 0.3 is 0 Å². The second-order valence-electron chi connectivity index (χ2n) is 4.15. The number of nitrogens with one attached hydrogen (secondary N) is 1. The van der Waals surface area contributed by atoms with Crippen molar-refractivity contribution in [3.8, 4) is 0 Å². The molecule has 0 spiro atoms. The van der Waals surface area contributed by atoms with Crippen molar-refractivity contribution < 1.29 is 9.18 Å². The van der Waals surface area contributed by atoms with Gasteiger partial charge in [-0.1, -0.05) is 47.6 Å². The smallest absolute Gasteiger partial charge is 0.255 e. The molecule has 0 saturated carbocycles. The molecule has 0 bridgehead atoms. The van der Waals surface area contributed by atoms with Crippen molar-refractivity contribution in [2.45, 2.75) is 0 Å². The van der Waals surface area contributed by atoms with Gasteiger partial charge in [-0.3, -0.25) is 4.79 Å². The van der Waals surface area contributed by atoms with Crippen molar-refractivity contribution in [3.63, 3.8) is 0 Å². The van der Waals surface area contributed by atoms with Crippen LogP contribution in [0.3, 0.4) is 0 Å². The molecule has 0 unspecified atom stereocenters. The first-order chi connectivity index (χ1) is 9.88. The Morgan fingerprint density at radius 2 is 1.57 bits per heavy atom. The van der Waals surface area contributed by atoms with Gasteiger partial charge in [0.25, 0.3) is 5.91 Å². The molecule has 2 rings (SSSR count). The molecule has 21 heavy (non-hydrogen) atoms. The highest BCUT2D eigenvalue weighted by Crippen LogP contribution is 2.27. The summed E-state index contributed by atoms with van der Waals surface area (Å²) >= 11 is 16.2. The van der Waals surface area contributed by atoms with Gasteiger partial charge in [-0.25, -0.2) is 4.39 Å². The van der Waals surface area contributed by atoms with Crippen LogP contribution in [-0.4, -0.2) is 10.9 Å². The van der Waals surface area contributed by atoms with Crippen LogP contribution in [0.5, 0.6) is 0 Å². The number of nitrogens with two attached hydrogens (primary N) is 1. The number of halogens is 3. The molecule has 0 radical (unpaired) electrons. The van der Waals surface area contributed by atoms with E-state index in [4.69, 9.17) is 41.2 Å². The van der Waals surface area contributed by atoms with Gasteiger partial charge in [0.1, 0.15) is 4.99 Å². The summed E-state index contributed by atoms with van der Waals surface area (Å²) in [6.07, 6.45) is 0. The average Bonchev–Trinajstić information content (AvgIpc) is 2.44. The maximum absolute atomic E-state index is 13.3. The number of rotatable bonds is 3. The summed E-state index contributed by atoms with van der Waals surface area (Å²) < 4.78 is 13.3. The second kappa shape index (κ2) is 6.39. The molecule has 3 nitrogen and oxygen atoms in total. The summed E-state index contributed by atoms with van der Waals surface area (Å²) in [5, 5.41) is 2.25. The number of amides is 1. The fourth-order valence-electron chi connectivity index (χ4n) is 1.62. The van der Waals surface area contributed by atoms with Crippen molar-refractivity contribution in [2.75, 3.05) is 5.32 Å².